The number of carbonyl (C=O) groups is 1. The third-order valence-electron chi connectivity index (χ3n) is 4.34. The summed E-state index contributed by atoms with van der Waals surface area (Å²) < 4.78 is 0. The highest BCUT2D eigenvalue weighted by Crippen LogP contribution is 2.20. The molecule has 1 fully saturated rings. The number of likely N-dealkylation sites (tertiary alicyclic amines) is 1. The van der Waals surface area contributed by atoms with Gasteiger partial charge in [-0.3, -0.25) is 4.79 Å². The molecule has 1 aromatic heterocycles. The maximum atomic E-state index is 12.5. The van der Waals surface area contributed by atoms with E-state index in [9.17, 15) is 4.79 Å². The minimum atomic E-state index is 0.117. The smallest absolute Gasteiger partial charge is 0.253 e. The second-order valence-corrected chi connectivity index (χ2v) is 6.02. The van der Waals surface area contributed by atoms with E-state index in [1.807, 2.05) is 59.5 Å². The number of benzene rings is 2. The minimum Gasteiger partial charge on any atom is -0.338 e. The first-order valence-corrected chi connectivity index (χ1v) is 7.94. The first kappa shape index (κ1) is 13.9. The fourth-order valence-electron chi connectivity index (χ4n) is 3.15. The number of carbonyl (C=O) groups excluding carboxylic acids is 1. The first-order chi connectivity index (χ1) is 11.3. The van der Waals surface area contributed by atoms with Crippen molar-refractivity contribution in [2.24, 2.45) is 5.92 Å². The number of rotatable bonds is 3. The van der Waals surface area contributed by atoms with Crippen LogP contribution in [0.3, 0.4) is 0 Å². The fourth-order valence-corrected chi connectivity index (χ4v) is 3.15. The Bertz CT molecular complexity index is 794. The van der Waals surface area contributed by atoms with Gasteiger partial charge in [-0.05, 0) is 36.6 Å². The van der Waals surface area contributed by atoms with Crippen molar-refractivity contribution in [2.75, 3.05) is 13.1 Å². The lowest BCUT2D eigenvalue weighted by Gasteiger charge is -2.16. The topological polar surface area (TPSA) is 51.0 Å². The van der Waals surface area contributed by atoms with Crippen LogP contribution in [0.25, 0.3) is 11.0 Å². The Hall–Kier alpha value is -2.69. The van der Waals surface area contributed by atoms with E-state index in [2.05, 4.69) is 10.2 Å². The molecule has 2 heterocycles. The molecular formula is C18H18N4O. The van der Waals surface area contributed by atoms with Crippen molar-refractivity contribution in [3.63, 3.8) is 0 Å². The van der Waals surface area contributed by atoms with Gasteiger partial charge in [-0.1, -0.05) is 30.3 Å². The molecule has 0 radical (unpaired) electrons. The Labute approximate surface area is 134 Å². The number of nitrogens with zero attached hydrogens (tertiary/aromatic N) is 4. The van der Waals surface area contributed by atoms with Crippen LogP contribution in [0.4, 0.5) is 0 Å². The van der Waals surface area contributed by atoms with E-state index in [0.717, 1.165) is 42.7 Å². The van der Waals surface area contributed by atoms with E-state index >= 15 is 0 Å². The lowest BCUT2D eigenvalue weighted by atomic mass is 10.1. The van der Waals surface area contributed by atoms with E-state index in [4.69, 9.17) is 0 Å². The lowest BCUT2D eigenvalue weighted by molar-refractivity contribution is 0.0785. The van der Waals surface area contributed by atoms with Gasteiger partial charge in [0.1, 0.15) is 11.0 Å². The predicted molar refractivity (Wildman–Crippen MR) is 88.0 cm³/mol. The molecule has 0 saturated carbocycles. The molecule has 0 aliphatic carbocycles. The monoisotopic (exact) mass is 306 g/mol. The molecule has 0 N–H and O–H groups in total. The molecule has 1 saturated heterocycles. The summed E-state index contributed by atoms with van der Waals surface area (Å²) in [6, 6.07) is 17.4. The fraction of sp³-hybridized carbons (Fsp3) is 0.278. The Balaban J connectivity index is 1.43. The molecule has 5 heteroatoms. The molecular weight excluding hydrogens is 288 g/mol. The molecule has 0 bridgehead atoms. The molecule has 1 amide bonds. The Kier molecular flexibility index (Phi) is 3.54. The molecule has 0 spiro atoms. The summed E-state index contributed by atoms with van der Waals surface area (Å²) in [7, 11) is 0. The Morgan fingerprint density at radius 2 is 1.65 bits per heavy atom. The summed E-state index contributed by atoms with van der Waals surface area (Å²) in [6.45, 7) is 2.33. The maximum Gasteiger partial charge on any atom is 0.253 e. The first-order valence-electron chi connectivity index (χ1n) is 7.94. The van der Waals surface area contributed by atoms with Crippen molar-refractivity contribution in [1.29, 1.82) is 0 Å². The van der Waals surface area contributed by atoms with Gasteiger partial charge in [0.05, 0.1) is 6.54 Å². The quantitative estimate of drug-likeness (QED) is 0.747. The van der Waals surface area contributed by atoms with E-state index in [-0.39, 0.29) is 5.91 Å². The van der Waals surface area contributed by atoms with Crippen LogP contribution < -0.4 is 0 Å². The van der Waals surface area contributed by atoms with Gasteiger partial charge < -0.3 is 4.90 Å². The summed E-state index contributed by atoms with van der Waals surface area (Å²) in [5.41, 5.74) is 2.60. The van der Waals surface area contributed by atoms with Crippen molar-refractivity contribution in [3.8, 4) is 0 Å². The lowest BCUT2D eigenvalue weighted by Crippen LogP contribution is -2.29. The highest BCUT2D eigenvalue weighted by molar-refractivity contribution is 5.94. The normalized spacial score (nSPS) is 17.7. The molecule has 1 aliphatic rings. The van der Waals surface area contributed by atoms with Crippen LogP contribution in [0.5, 0.6) is 0 Å². The predicted octanol–water partition coefficient (Wildman–Crippen LogP) is 2.59. The minimum absolute atomic E-state index is 0.117. The number of aromatic nitrogens is 3. The largest absolute Gasteiger partial charge is 0.338 e. The third-order valence-corrected chi connectivity index (χ3v) is 4.34. The van der Waals surface area contributed by atoms with Gasteiger partial charge in [-0.2, -0.15) is 15.0 Å². The highest BCUT2D eigenvalue weighted by Gasteiger charge is 2.27. The molecule has 0 unspecified atom stereocenters. The SMILES string of the molecule is O=C(c1ccccc1)N1CC[C@H](Cn2nc3ccccc3n2)C1. The molecule has 116 valence electrons. The summed E-state index contributed by atoms with van der Waals surface area (Å²) in [5, 5.41) is 9.01. The van der Waals surface area contributed by atoms with Crippen molar-refractivity contribution in [2.45, 2.75) is 13.0 Å². The van der Waals surface area contributed by atoms with E-state index in [0.29, 0.717) is 5.92 Å². The van der Waals surface area contributed by atoms with Gasteiger partial charge in [0, 0.05) is 18.7 Å². The number of hydrogen-bond donors (Lipinski definition) is 0. The second kappa shape index (κ2) is 5.83. The van der Waals surface area contributed by atoms with E-state index in [1.54, 1.807) is 4.80 Å². The van der Waals surface area contributed by atoms with Gasteiger partial charge in [-0.15, -0.1) is 0 Å². The highest BCUT2D eigenvalue weighted by atomic mass is 16.2. The van der Waals surface area contributed by atoms with E-state index < -0.39 is 0 Å². The van der Waals surface area contributed by atoms with Crippen LogP contribution in [-0.4, -0.2) is 38.9 Å². The Morgan fingerprint density at radius 1 is 1.00 bits per heavy atom. The molecule has 3 aromatic rings. The van der Waals surface area contributed by atoms with Crippen molar-refractivity contribution in [3.05, 3.63) is 60.2 Å². The standard InChI is InChI=1S/C18H18N4O/c23-18(15-6-2-1-3-7-15)21-11-10-14(12-21)13-22-19-16-8-4-5-9-17(16)20-22/h1-9,14H,10-13H2/t14-/m0/s1. The summed E-state index contributed by atoms with van der Waals surface area (Å²) in [6.07, 6.45) is 0.996. The van der Waals surface area contributed by atoms with Gasteiger partial charge in [0.2, 0.25) is 0 Å². The molecule has 1 atom stereocenters. The number of fused-ring (bicyclic) bond motifs is 1. The number of hydrogen-bond acceptors (Lipinski definition) is 3. The van der Waals surface area contributed by atoms with Gasteiger partial charge in [0.25, 0.3) is 5.91 Å². The third kappa shape index (κ3) is 2.82. The van der Waals surface area contributed by atoms with Crippen LogP contribution in [0.15, 0.2) is 54.6 Å². The van der Waals surface area contributed by atoms with Crippen LogP contribution in [0.1, 0.15) is 16.8 Å². The second-order valence-electron chi connectivity index (χ2n) is 6.02. The average molecular weight is 306 g/mol. The number of amides is 1. The Morgan fingerprint density at radius 3 is 2.35 bits per heavy atom. The molecule has 23 heavy (non-hydrogen) atoms. The zero-order valence-corrected chi connectivity index (χ0v) is 12.8. The zero-order chi connectivity index (χ0) is 15.6. The van der Waals surface area contributed by atoms with E-state index in [1.165, 1.54) is 0 Å². The van der Waals surface area contributed by atoms with Crippen LogP contribution in [0.2, 0.25) is 0 Å². The van der Waals surface area contributed by atoms with Gasteiger partial charge in [-0.25, -0.2) is 0 Å². The van der Waals surface area contributed by atoms with Crippen LogP contribution in [0, 0.1) is 5.92 Å². The molecule has 1 aliphatic heterocycles. The van der Waals surface area contributed by atoms with Crippen molar-refractivity contribution in [1.82, 2.24) is 19.9 Å². The average Bonchev–Trinajstić information content (AvgIpc) is 3.21. The summed E-state index contributed by atoms with van der Waals surface area (Å²) in [4.78, 5) is 16.2. The molecule has 2 aromatic carbocycles. The molecule has 4 rings (SSSR count). The van der Waals surface area contributed by atoms with Crippen molar-refractivity contribution < 1.29 is 4.79 Å². The van der Waals surface area contributed by atoms with Gasteiger partial charge >= 0.3 is 0 Å². The van der Waals surface area contributed by atoms with Crippen LogP contribution >= 0.6 is 0 Å². The maximum absolute atomic E-state index is 12.5. The summed E-state index contributed by atoms with van der Waals surface area (Å²) >= 11 is 0. The zero-order valence-electron chi connectivity index (χ0n) is 12.8. The van der Waals surface area contributed by atoms with Gasteiger partial charge in [0.15, 0.2) is 0 Å². The summed E-state index contributed by atoms with van der Waals surface area (Å²) in [5.74, 6) is 0.524. The molecule has 5 nitrogen and oxygen atoms in total. The van der Waals surface area contributed by atoms with Crippen LogP contribution in [-0.2, 0) is 6.54 Å². The van der Waals surface area contributed by atoms with Crippen molar-refractivity contribution >= 4 is 16.9 Å².